The summed E-state index contributed by atoms with van der Waals surface area (Å²) in [5.41, 5.74) is 0.767. The smallest absolute Gasteiger partial charge is 0.310 e. The molecule has 0 spiro atoms. The Morgan fingerprint density at radius 2 is 1.95 bits per heavy atom. The first-order chi connectivity index (χ1) is 9.54. The Hall–Kier alpha value is -1.59. The average molecular weight is 281 g/mol. The largest absolute Gasteiger partial charge is 0.494 e. The van der Waals surface area contributed by atoms with E-state index in [1.807, 2.05) is 6.92 Å². The molecule has 20 heavy (non-hydrogen) atoms. The summed E-state index contributed by atoms with van der Waals surface area (Å²) >= 11 is 0. The lowest BCUT2D eigenvalue weighted by molar-refractivity contribution is -0.138. The molecule has 112 valence electrons. The molecule has 0 bridgehead atoms. The second kappa shape index (κ2) is 8.55. The summed E-state index contributed by atoms with van der Waals surface area (Å²) in [6.45, 7) is 5.08. The zero-order valence-electron chi connectivity index (χ0n) is 12.0. The van der Waals surface area contributed by atoms with Gasteiger partial charge < -0.3 is 20.3 Å². The molecule has 0 aliphatic heterocycles. The fraction of sp³-hybridized carbons (Fsp3) is 0.533. The van der Waals surface area contributed by atoms with E-state index in [1.165, 1.54) is 0 Å². The lowest BCUT2D eigenvalue weighted by atomic mass is 10.0. The molecule has 0 radical (unpaired) electrons. The van der Waals surface area contributed by atoms with E-state index in [9.17, 15) is 4.79 Å². The maximum atomic E-state index is 10.9. The Balaban J connectivity index is 2.30. The lowest BCUT2D eigenvalue weighted by Crippen LogP contribution is -2.30. The van der Waals surface area contributed by atoms with Gasteiger partial charge in [-0.05, 0) is 44.5 Å². The van der Waals surface area contributed by atoms with E-state index in [4.69, 9.17) is 14.9 Å². The van der Waals surface area contributed by atoms with Crippen molar-refractivity contribution < 1.29 is 19.7 Å². The van der Waals surface area contributed by atoms with E-state index in [0.29, 0.717) is 6.61 Å². The minimum absolute atomic E-state index is 0.104. The topological polar surface area (TPSA) is 78.8 Å². The van der Waals surface area contributed by atoms with Crippen LogP contribution in [0.25, 0.3) is 0 Å². The van der Waals surface area contributed by atoms with Gasteiger partial charge >= 0.3 is 5.97 Å². The van der Waals surface area contributed by atoms with Crippen molar-refractivity contribution in [1.29, 1.82) is 0 Å². The van der Waals surface area contributed by atoms with Crippen LogP contribution in [-0.2, 0) is 4.79 Å². The van der Waals surface area contributed by atoms with Gasteiger partial charge in [-0.1, -0.05) is 12.1 Å². The van der Waals surface area contributed by atoms with Crippen molar-refractivity contribution >= 4 is 5.97 Å². The van der Waals surface area contributed by atoms with Crippen LogP contribution < -0.4 is 10.1 Å². The monoisotopic (exact) mass is 281 g/mol. The van der Waals surface area contributed by atoms with Gasteiger partial charge in [0.25, 0.3) is 0 Å². The highest BCUT2D eigenvalue weighted by atomic mass is 16.5. The Morgan fingerprint density at radius 1 is 1.30 bits per heavy atom. The summed E-state index contributed by atoms with van der Waals surface area (Å²) in [4.78, 5) is 10.9. The zero-order chi connectivity index (χ0) is 15.0. The van der Waals surface area contributed by atoms with Gasteiger partial charge in [-0.2, -0.15) is 0 Å². The molecule has 1 rings (SSSR count). The van der Waals surface area contributed by atoms with E-state index in [0.717, 1.165) is 24.3 Å². The van der Waals surface area contributed by atoms with Crippen LogP contribution in [0, 0.1) is 0 Å². The van der Waals surface area contributed by atoms with Crippen LogP contribution in [0.5, 0.6) is 5.75 Å². The SMILES string of the molecule is CC(CO)NCCCOc1ccc(C(C)C(=O)O)cc1. The summed E-state index contributed by atoms with van der Waals surface area (Å²) in [7, 11) is 0. The number of ether oxygens (including phenoxy) is 1. The summed E-state index contributed by atoms with van der Waals surface area (Å²) < 4.78 is 5.57. The Bertz CT molecular complexity index is 405. The van der Waals surface area contributed by atoms with Crippen molar-refractivity contribution in [2.45, 2.75) is 32.2 Å². The number of aliphatic carboxylic acids is 1. The van der Waals surface area contributed by atoms with Crippen LogP contribution in [-0.4, -0.2) is 42.0 Å². The third-order valence-electron chi connectivity index (χ3n) is 3.11. The van der Waals surface area contributed by atoms with Crippen LogP contribution >= 0.6 is 0 Å². The van der Waals surface area contributed by atoms with Gasteiger partial charge in [0, 0.05) is 6.04 Å². The molecule has 0 aromatic heterocycles. The quantitative estimate of drug-likeness (QED) is 0.599. The van der Waals surface area contributed by atoms with E-state index in [-0.39, 0.29) is 12.6 Å². The minimum atomic E-state index is -0.831. The number of carboxylic acids is 1. The molecular weight excluding hydrogens is 258 g/mol. The second-order valence-electron chi connectivity index (χ2n) is 4.87. The van der Waals surface area contributed by atoms with Crippen molar-refractivity contribution in [3.05, 3.63) is 29.8 Å². The van der Waals surface area contributed by atoms with Gasteiger partial charge in [-0.15, -0.1) is 0 Å². The molecule has 2 unspecified atom stereocenters. The van der Waals surface area contributed by atoms with E-state index >= 15 is 0 Å². The van der Waals surface area contributed by atoms with Crippen LogP contribution in [0.3, 0.4) is 0 Å². The van der Waals surface area contributed by atoms with Crippen molar-refractivity contribution in [1.82, 2.24) is 5.32 Å². The molecule has 0 amide bonds. The molecule has 5 heteroatoms. The van der Waals surface area contributed by atoms with E-state index in [1.54, 1.807) is 31.2 Å². The predicted molar refractivity (Wildman–Crippen MR) is 77.2 cm³/mol. The second-order valence-corrected chi connectivity index (χ2v) is 4.87. The molecule has 0 saturated heterocycles. The van der Waals surface area contributed by atoms with Gasteiger partial charge in [0.15, 0.2) is 0 Å². The molecular formula is C15H23NO4. The first-order valence-corrected chi connectivity index (χ1v) is 6.84. The molecule has 0 saturated carbocycles. The molecule has 0 aliphatic carbocycles. The van der Waals surface area contributed by atoms with Crippen LogP contribution in [0.4, 0.5) is 0 Å². The minimum Gasteiger partial charge on any atom is -0.494 e. The van der Waals surface area contributed by atoms with Gasteiger partial charge in [-0.25, -0.2) is 0 Å². The highest BCUT2D eigenvalue weighted by Gasteiger charge is 2.12. The molecule has 0 fully saturated rings. The number of benzene rings is 1. The number of hydrogen-bond acceptors (Lipinski definition) is 4. The third kappa shape index (κ3) is 5.59. The van der Waals surface area contributed by atoms with Crippen molar-refractivity contribution in [2.75, 3.05) is 19.8 Å². The summed E-state index contributed by atoms with van der Waals surface area (Å²) in [5, 5.41) is 20.9. The maximum Gasteiger partial charge on any atom is 0.310 e. The van der Waals surface area contributed by atoms with E-state index in [2.05, 4.69) is 5.32 Å². The van der Waals surface area contributed by atoms with Crippen molar-refractivity contribution in [3.63, 3.8) is 0 Å². The van der Waals surface area contributed by atoms with E-state index < -0.39 is 11.9 Å². The molecule has 1 aromatic carbocycles. The highest BCUT2D eigenvalue weighted by molar-refractivity contribution is 5.75. The maximum absolute atomic E-state index is 10.9. The number of rotatable bonds is 9. The van der Waals surface area contributed by atoms with Crippen LogP contribution in [0.1, 0.15) is 31.7 Å². The van der Waals surface area contributed by atoms with Crippen LogP contribution in [0.2, 0.25) is 0 Å². The fourth-order valence-corrected chi connectivity index (χ4v) is 1.67. The number of aliphatic hydroxyl groups is 1. The fourth-order valence-electron chi connectivity index (χ4n) is 1.67. The lowest BCUT2D eigenvalue weighted by Gasteiger charge is -2.11. The molecule has 1 aromatic rings. The molecule has 2 atom stereocenters. The number of carboxylic acid groups (broad SMARTS) is 1. The van der Waals surface area contributed by atoms with Gasteiger partial charge in [0.1, 0.15) is 5.75 Å². The van der Waals surface area contributed by atoms with Crippen molar-refractivity contribution in [3.8, 4) is 5.75 Å². The first kappa shape index (κ1) is 16.5. The number of aliphatic hydroxyl groups excluding tert-OH is 1. The molecule has 3 N–H and O–H groups in total. The van der Waals surface area contributed by atoms with Crippen molar-refractivity contribution in [2.24, 2.45) is 0 Å². The van der Waals surface area contributed by atoms with Crippen LogP contribution in [0.15, 0.2) is 24.3 Å². The van der Waals surface area contributed by atoms with Gasteiger partial charge in [-0.3, -0.25) is 4.79 Å². The highest BCUT2D eigenvalue weighted by Crippen LogP contribution is 2.19. The number of nitrogens with one attached hydrogen (secondary N) is 1. The average Bonchev–Trinajstić information content (AvgIpc) is 2.46. The van der Waals surface area contributed by atoms with Gasteiger partial charge in [0.05, 0.1) is 19.1 Å². The summed E-state index contributed by atoms with van der Waals surface area (Å²) in [5.74, 6) is -0.600. The molecule has 5 nitrogen and oxygen atoms in total. The first-order valence-electron chi connectivity index (χ1n) is 6.84. The Labute approximate surface area is 119 Å². The predicted octanol–water partition coefficient (Wildman–Crippen LogP) is 1.61. The third-order valence-corrected chi connectivity index (χ3v) is 3.11. The normalized spacial score (nSPS) is 13.8. The Kier molecular flexibility index (Phi) is 7.04. The standard InChI is InChI=1S/C15H23NO4/c1-11(10-17)16-8-3-9-20-14-6-4-13(5-7-14)12(2)15(18)19/h4-7,11-12,16-17H,3,8-10H2,1-2H3,(H,18,19). The zero-order valence-corrected chi connectivity index (χ0v) is 12.0. The summed E-state index contributed by atoms with van der Waals surface area (Å²) in [6.07, 6.45) is 0.845. The Morgan fingerprint density at radius 3 is 2.50 bits per heavy atom. The summed E-state index contributed by atoms with van der Waals surface area (Å²) in [6, 6.07) is 7.24. The molecule has 0 aliphatic rings. The number of carbonyl (C=O) groups is 1. The number of hydrogen-bond donors (Lipinski definition) is 3. The van der Waals surface area contributed by atoms with Gasteiger partial charge in [0.2, 0.25) is 0 Å². The molecule has 0 heterocycles.